The molecule has 1 saturated heterocycles. The topological polar surface area (TPSA) is 88.9 Å². The molecule has 1 unspecified atom stereocenters. The highest BCUT2D eigenvalue weighted by atomic mass is 16.6. The number of amides is 3. The summed E-state index contributed by atoms with van der Waals surface area (Å²) in [4.78, 5) is 52.4. The highest BCUT2D eigenvalue weighted by Gasteiger charge is 2.40. The Morgan fingerprint density at radius 2 is 1.59 bits per heavy atom. The van der Waals surface area contributed by atoms with Crippen LogP contribution in [0.15, 0.2) is 71.7 Å². The molecule has 2 aromatic carbocycles. The second kappa shape index (κ2) is 7.49. The number of rotatable bonds is 4. The van der Waals surface area contributed by atoms with Crippen molar-refractivity contribution in [1.82, 2.24) is 9.47 Å². The van der Waals surface area contributed by atoms with Crippen LogP contribution in [-0.4, -0.2) is 46.6 Å². The zero-order valence-electron chi connectivity index (χ0n) is 17.2. The summed E-state index contributed by atoms with van der Waals surface area (Å²) in [5, 5.41) is 0. The molecule has 5 rings (SSSR count). The Balaban J connectivity index is 1.31. The van der Waals surface area contributed by atoms with Gasteiger partial charge in [-0.25, -0.2) is 4.79 Å². The monoisotopic (exact) mass is 429 g/mol. The molecule has 32 heavy (non-hydrogen) atoms. The summed E-state index contributed by atoms with van der Waals surface area (Å²) in [5.41, 5.74) is 2.76. The maximum absolute atomic E-state index is 12.7. The lowest BCUT2D eigenvalue weighted by molar-refractivity contribution is 0.0558. The largest absolute Gasteiger partial charge is 0.442 e. The Hall–Kier alpha value is -4.20. The van der Waals surface area contributed by atoms with Crippen molar-refractivity contribution in [3.8, 4) is 5.69 Å². The second-order valence-electron chi connectivity index (χ2n) is 7.81. The van der Waals surface area contributed by atoms with Crippen molar-refractivity contribution in [1.29, 1.82) is 0 Å². The van der Waals surface area contributed by atoms with Crippen molar-refractivity contribution in [2.45, 2.75) is 13.0 Å². The Morgan fingerprint density at radius 3 is 2.34 bits per heavy atom. The highest BCUT2D eigenvalue weighted by Crippen LogP contribution is 2.27. The van der Waals surface area contributed by atoms with Gasteiger partial charge in [0.05, 0.1) is 24.2 Å². The summed E-state index contributed by atoms with van der Waals surface area (Å²) >= 11 is 0. The number of hydrogen-bond donors (Lipinski definition) is 0. The van der Waals surface area contributed by atoms with Crippen LogP contribution in [0.4, 0.5) is 10.5 Å². The maximum atomic E-state index is 12.7. The van der Waals surface area contributed by atoms with E-state index in [-0.39, 0.29) is 30.5 Å². The number of cyclic esters (lactones) is 1. The molecule has 2 aliphatic heterocycles. The van der Waals surface area contributed by atoms with E-state index in [4.69, 9.17) is 4.74 Å². The predicted molar refractivity (Wildman–Crippen MR) is 116 cm³/mol. The van der Waals surface area contributed by atoms with Gasteiger partial charge in [-0.15, -0.1) is 0 Å². The fraction of sp³-hybridized carbons (Fsp3) is 0.167. The van der Waals surface area contributed by atoms with Gasteiger partial charge in [0.2, 0.25) is 0 Å². The lowest BCUT2D eigenvalue weighted by atomic mass is 10.1. The van der Waals surface area contributed by atoms with Crippen LogP contribution in [0.3, 0.4) is 0 Å². The number of nitrogens with zero attached hydrogens (tertiary/aromatic N) is 3. The Bertz CT molecular complexity index is 1310. The van der Waals surface area contributed by atoms with Gasteiger partial charge in [0.25, 0.3) is 17.4 Å². The van der Waals surface area contributed by atoms with Crippen molar-refractivity contribution in [2.24, 2.45) is 0 Å². The normalized spacial score (nSPS) is 17.7. The molecule has 8 heteroatoms. The first-order valence-electron chi connectivity index (χ1n) is 10.2. The number of benzene rings is 2. The van der Waals surface area contributed by atoms with Crippen LogP contribution >= 0.6 is 0 Å². The molecule has 0 spiro atoms. The number of pyridine rings is 1. The van der Waals surface area contributed by atoms with E-state index in [1.165, 1.54) is 15.5 Å². The fourth-order valence-corrected chi connectivity index (χ4v) is 4.04. The van der Waals surface area contributed by atoms with Gasteiger partial charge in [0.1, 0.15) is 6.10 Å². The van der Waals surface area contributed by atoms with Gasteiger partial charge >= 0.3 is 6.09 Å². The second-order valence-corrected chi connectivity index (χ2v) is 7.81. The number of carbonyl (C=O) groups excluding carboxylic acids is 3. The van der Waals surface area contributed by atoms with Crippen LogP contribution in [0.2, 0.25) is 0 Å². The van der Waals surface area contributed by atoms with E-state index in [9.17, 15) is 19.2 Å². The van der Waals surface area contributed by atoms with Gasteiger partial charge in [0, 0.05) is 23.6 Å². The van der Waals surface area contributed by atoms with Crippen LogP contribution in [0.1, 0.15) is 26.3 Å². The minimum Gasteiger partial charge on any atom is -0.442 e. The molecular formula is C24H19N3O5. The predicted octanol–water partition coefficient (Wildman–Crippen LogP) is 2.77. The third-order valence-electron chi connectivity index (χ3n) is 5.65. The van der Waals surface area contributed by atoms with Crippen molar-refractivity contribution < 1.29 is 19.1 Å². The first-order chi connectivity index (χ1) is 15.4. The molecule has 0 N–H and O–H groups in total. The highest BCUT2D eigenvalue weighted by molar-refractivity contribution is 6.21. The molecule has 1 fully saturated rings. The van der Waals surface area contributed by atoms with Gasteiger partial charge < -0.3 is 4.74 Å². The van der Waals surface area contributed by atoms with E-state index < -0.39 is 12.2 Å². The standard InChI is InChI=1S/C24H19N3O5/c1-15-5-10-19-20(12-15)23(30)27(22(19)29)14-18-13-26(24(31)32-18)17-8-6-16(7-9-17)25-11-3-2-4-21(25)28/h2-12,18H,13-14H2,1H3. The molecule has 3 aromatic rings. The summed E-state index contributed by atoms with van der Waals surface area (Å²) < 4.78 is 6.93. The van der Waals surface area contributed by atoms with E-state index >= 15 is 0 Å². The van der Waals surface area contributed by atoms with Gasteiger partial charge in [-0.3, -0.25) is 28.8 Å². The molecule has 2 aliphatic rings. The number of aromatic nitrogens is 1. The minimum absolute atomic E-state index is 0.00880. The van der Waals surface area contributed by atoms with Gasteiger partial charge in [-0.05, 0) is 49.4 Å². The Kier molecular flexibility index (Phi) is 4.62. The van der Waals surface area contributed by atoms with Crippen molar-refractivity contribution in [3.63, 3.8) is 0 Å². The van der Waals surface area contributed by atoms with Crippen molar-refractivity contribution >= 4 is 23.6 Å². The summed E-state index contributed by atoms with van der Waals surface area (Å²) in [7, 11) is 0. The van der Waals surface area contributed by atoms with Crippen LogP contribution in [0.5, 0.6) is 0 Å². The first-order valence-corrected chi connectivity index (χ1v) is 10.2. The lowest BCUT2D eigenvalue weighted by Crippen LogP contribution is -2.38. The molecule has 3 heterocycles. The molecule has 160 valence electrons. The summed E-state index contributed by atoms with van der Waals surface area (Å²) in [6.45, 7) is 2.05. The zero-order chi connectivity index (χ0) is 22.4. The molecular weight excluding hydrogens is 410 g/mol. The van der Waals surface area contributed by atoms with Gasteiger partial charge in [0.15, 0.2) is 0 Å². The molecule has 1 atom stereocenters. The first kappa shape index (κ1) is 19.7. The Labute approximate surface area is 183 Å². The number of ether oxygens (including phenoxy) is 1. The number of hydrogen-bond acceptors (Lipinski definition) is 5. The summed E-state index contributed by atoms with van der Waals surface area (Å²) in [5.74, 6) is -0.752. The number of fused-ring (bicyclic) bond motifs is 1. The van der Waals surface area contributed by atoms with E-state index in [0.29, 0.717) is 22.5 Å². The third-order valence-corrected chi connectivity index (χ3v) is 5.65. The molecule has 0 saturated carbocycles. The van der Waals surface area contributed by atoms with Crippen LogP contribution in [-0.2, 0) is 4.74 Å². The van der Waals surface area contributed by atoms with E-state index in [0.717, 1.165) is 10.5 Å². The fourth-order valence-electron chi connectivity index (χ4n) is 4.04. The smallest absolute Gasteiger partial charge is 0.414 e. The SMILES string of the molecule is Cc1ccc2c(c1)C(=O)N(CC1CN(c3ccc(-n4ccccc4=O)cc3)C(=O)O1)C2=O. The average molecular weight is 429 g/mol. The third kappa shape index (κ3) is 3.26. The number of imide groups is 1. The van der Waals surface area contributed by atoms with Crippen LogP contribution in [0, 0.1) is 6.92 Å². The average Bonchev–Trinajstić information content (AvgIpc) is 3.27. The van der Waals surface area contributed by atoms with Crippen molar-refractivity contribution in [2.75, 3.05) is 18.0 Å². The number of carbonyl (C=O) groups is 3. The molecule has 1 aromatic heterocycles. The molecule has 0 aliphatic carbocycles. The molecule has 3 amide bonds. The maximum Gasteiger partial charge on any atom is 0.414 e. The van der Waals surface area contributed by atoms with E-state index in [2.05, 4.69) is 0 Å². The van der Waals surface area contributed by atoms with Crippen LogP contribution < -0.4 is 10.5 Å². The molecule has 0 bridgehead atoms. The lowest BCUT2D eigenvalue weighted by Gasteiger charge is -2.17. The van der Waals surface area contributed by atoms with Crippen molar-refractivity contribution in [3.05, 3.63) is 93.9 Å². The zero-order valence-corrected chi connectivity index (χ0v) is 17.2. The number of aryl methyl sites for hydroxylation is 1. The Morgan fingerprint density at radius 1 is 0.875 bits per heavy atom. The summed E-state index contributed by atoms with van der Waals surface area (Å²) in [6.07, 6.45) is 0.482. The molecule has 8 nitrogen and oxygen atoms in total. The summed E-state index contributed by atoms with van der Waals surface area (Å²) in [6, 6.07) is 17.0. The number of anilines is 1. The quantitative estimate of drug-likeness (QED) is 0.595. The minimum atomic E-state index is -0.637. The van der Waals surface area contributed by atoms with Gasteiger partial charge in [-0.1, -0.05) is 17.7 Å². The van der Waals surface area contributed by atoms with Gasteiger partial charge in [-0.2, -0.15) is 0 Å². The van der Waals surface area contributed by atoms with E-state index in [1.807, 2.05) is 6.92 Å². The van der Waals surface area contributed by atoms with E-state index in [1.54, 1.807) is 60.8 Å². The van der Waals surface area contributed by atoms with Crippen LogP contribution in [0.25, 0.3) is 5.69 Å². The molecule has 0 radical (unpaired) electrons.